The Hall–Kier alpha value is 0.200. The first-order valence-corrected chi connectivity index (χ1v) is 6.48. The zero-order chi connectivity index (χ0) is 9.97. The lowest BCUT2D eigenvalue weighted by atomic mass is 10.3. The molecule has 1 aliphatic rings. The van der Waals surface area contributed by atoms with Gasteiger partial charge in [-0.05, 0) is 56.8 Å². The Bertz CT molecular complexity index is 288. The van der Waals surface area contributed by atoms with Gasteiger partial charge >= 0.3 is 0 Å². The number of furan rings is 1. The minimum atomic E-state index is 0.775. The monoisotopic (exact) mass is 321 g/mol. The zero-order valence-corrected chi connectivity index (χ0v) is 11.0. The minimum absolute atomic E-state index is 0.775. The van der Waals surface area contributed by atoms with Gasteiger partial charge in [-0.25, -0.2) is 0 Å². The Morgan fingerprint density at radius 1 is 1.43 bits per heavy atom. The van der Waals surface area contributed by atoms with Gasteiger partial charge in [-0.1, -0.05) is 12.8 Å². The Morgan fingerprint density at radius 3 is 2.79 bits per heavy atom. The SMILES string of the molecule is Brc1cc(CNCCC2CC2)oc1Br. The van der Waals surface area contributed by atoms with Gasteiger partial charge in [0, 0.05) is 0 Å². The van der Waals surface area contributed by atoms with E-state index in [0.29, 0.717) is 0 Å². The lowest BCUT2D eigenvalue weighted by molar-refractivity contribution is 0.460. The van der Waals surface area contributed by atoms with Crippen LogP contribution in [0, 0.1) is 5.92 Å². The standard InChI is InChI=1S/C10H13Br2NO/c11-9-5-8(14-10(9)12)6-13-4-3-7-1-2-7/h5,7,13H,1-4,6H2. The molecule has 0 atom stereocenters. The first-order chi connectivity index (χ1) is 6.75. The molecular formula is C10H13Br2NO. The Kier molecular flexibility index (Phi) is 3.68. The van der Waals surface area contributed by atoms with Crippen molar-refractivity contribution in [3.63, 3.8) is 0 Å². The molecule has 0 amide bonds. The summed E-state index contributed by atoms with van der Waals surface area (Å²) in [6, 6.07) is 1.99. The third kappa shape index (κ3) is 3.11. The average Bonchev–Trinajstić information content (AvgIpc) is 2.90. The van der Waals surface area contributed by atoms with E-state index in [2.05, 4.69) is 37.2 Å². The van der Waals surface area contributed by atoms with E-state index in [0.717, 1.165) is 33.9 Å². The third-order valence-corrected chi connectivity index (χ3v) is 4.13. The second kappa shape index (κ2) is 4.81. The molecule has 1 saturated carbocycles. The number of hydrogen-bond acceptors (Lipinski definition) is 2. The Labute approximate surface area is 101 Å². The molecule has 0 aromatic carbocycles. The fraction of sp³-hybridized carbons (Fsp3) is 0.600. The van der Waals surface area contributed by atoms with Crippen LogP contribution in [-0.4, -0.2) is 6.54 Å². The normalized spacial score (nSPS) is 16.1. The van der Waals surface area contributed by atoms with E-state index in [1.807, 2.05) is 6.07 Å². The molecule has 1 aromatic rings. The first kappa shape index (κ1) is 10.7. The number of hydrogen-bond donors (Lipinski definition) is 1. The molecule has 1 N–H and O–H groups in total. The molecule has 0 aliphatic heterocycles. The summed E-state index contributed by atoms with van der Waals surface area (Å²) in [5.74, 6) is 1.97. The summed E-state index contributed by atoms with van der Waals surface area (Å²) in [4.78, 5) is 0. The molecular weight excluding hydrogens is 310 g/mol. The predicted molar refractivity (Wildman–Crippen MR) is 63.2 cm³/mol. The highest BCUT2D eigenvalue weighted by Gasteiger charge is 2.20. The maximum Gasteiger partial charge on any atom is 0.183 e. The summed E-state index contributed by atoms with van der Waals surface area (Å²) in [6.45, 7) is 1.91. The van der Waals surface area contributed by atoms with Gasteiger partial charge in [-0.3, -0.25) is 0 Å². The highest BCUT2D eigenvalue weighted by molar-refractivity contribution is 9.13. The molecule has 0 spiro atoms. The molecule has 2 nitrogen and oxygen atoms in total. The van der Waals surface area contributed by atoms with E-state index in [4.69, 9.17) is 4.42 Å². The van der Waals surface area contributed by atoms with Gasteiger partial charge in [0.2, 0.25) is 0 Å². The smallest absolute Gasteiger partial charge is 0.183 e. The lowest BCUT2D eigenvalue weighted by Crippen LogP contribution is -2.14. The molecule has 1 heterocycles. The maximum atomic E-state index is 5.44. The largest absolute Gasteiger partial charge is 0.452 e. The second-order valence-corrected chi connectivity index (χ2v) is 5.32. The molecule has 1 aromatic heterocycles. The van der Waals surface area contributed by atoms with Gasteiger partial charge in [0.25, 0.3) is 0 Å². The summed E-state index contributed by atoms with van der Waals surface area (Å²) < 4.78 is 7.20. The fourth-order valence-corrected chi connectivity index (χ4v) is 2.06. The van der Waals surface area contributed by atoms with Gasteiger partial charge in [0.05, 0.1) is 11.0 Å². The molecule has 2 rings (SSSR count). The van der Waals surface area contributed by atoms with Crippen molar-refractivity contribution in [2.75, 3.05) is 6.54 Å². The van der Waals surface area contributed by atoms with Crippen LogP contribution in [-0.2, 0) is 6.54 Å². The summed E-state index contributed by atoms with van der Waals surface area (Å²) in [5.41, 5.74) is 0. The van der Waals surface area contributed by atoms with Crippen LogP contribution < -0.4 is 5.32 Å². The number of rotatable bonds is 5. The van der Waals surface area contributed by atoms with Crippen molar-refractivity contribution < 1.29 is 4.42 Å². The lowest BCUT2D eigenvalue weighted by Gasteiger charge is -2.00. The molecule has 0 saturated heterocycles. The van der Waals surface area contributed by atoms with Gasteiger partial charge < -0.3 is 9.73 Å². The van der Waals surface area contributed by atoms with E-state index in [1.54, 1.807) is 0 Å². The van der Waals surface area contributed by atoms with Crippen LogP contribution in [0.5, 0.6) is 0 Å². The minimum Gasteiger partial charge on any atom is -0.452 e. The first-order valence-electron chi connectivity index (χ1n) is 4.90. The number of nitrogens with one attached hydrogen (secondary N) is 1. The number of halogens is 2. The van der Waals surface area contributed by atoms with Gasteiger partial charge in [-0.15, -0.1) is 0 Å². The van der Waals surface area contributed by atoms with Crippen LogP contribution in [0.4, 0.5) is 0 Å². The summed E-state index contributed by atoms with van der Waals surface area (Å²) >= 11 is 6.71. The van der Waals surface area contributed by atoms with E-state index < -0.39 is 0 Å². The second-order valence-electron chi connectivity index (χ2n) is 3.74. The molecule has 1 fully saturated rings. The molecule has 0 radical (unpaired) electrons. The Morgan fingerprint density at radius 2 is 2.21 bits per heavy atom. The summed E-state index contributed by atoms with van der Waals surface area (Å²) in [5, 5.41) is 3.38. The van der Waals surface area contributed by atoms with Crippen molar-refractivity contribution in [2.24, 2.45) is 5.92 Å². The van der Waals surface area contributed by atoms with Crippen molar-refractivity contribution in [2.45, 2.75) is 25.8 Å². The zero-order valence-electron chi connectivity index (χ0n) is 7.85. The van der Waals surface area contributed by atoms with Crippen molar-refractivity contribution in [3.05, 3.63) is 21.0 Å². The van der Waals surface area contributed by atoms with Gasteiger partial charge in [0.1, 0.15) is 5.76 Å². The topological polar surface area (TPSA) is 25.2 Å². The van der Waals surface area contributed by atoms with Crippen molar-refractivity contribution >= 4 is 31.9 Å². The van der Waals surface area contributed by atoms with E-state index in [-0.39, 0.29) is 0 Å². The van der Waals surface area contributed by atoms with Crippen molar-refractivity contribution in [3.8, 4) is 0 Å². The fourth-order valence-electron chi connectivity index (χ4n) is 1.40. The highest BCUT2D eigenvalue weighted by atomic mass is 79.9. The molecule has 1 aliphatic carbocycles. The molecule has 4 heteroatoms. The molecule has 14 heavy (non-hydrogen) atoms. The van der Waals surface area contributed by atoms with Crippen LogP contribution in [0.2, 0.25) is 0 Å². The van der Waals surface area contributed by atoms with Crippen LogP contribution in [0.15, 0.2) is 19.6 Å². The molecule has 78 valence electrons. The van der Waals surface area contributed by atoms with Gasteiger partial charge in [-0.2, -0.15) is 0 Å². The van der Waals surface area contributed by atoms with Gasteiger partial charge in [0.15, 0.2) is 4.67 Å². The van der Waals surface area contributed by atoms with Crippen LogP contribution in [0.3, 0.4) is 0 Å². The van der Waals surface area contributed by atoms with Crippen LogP contribution in [0.1, 0.15) is 25.0 Å². The summed E-state index contributed by atoms with van der Waals surface area (Å²) in [7, 11) is 0. The third-order valence-electron chi connectivity index (χ3n) is 2.42. The van der Waals surface area contributed by atoms with E-state index >= 15 is 0 Å². The molecule has 0 unspecified atom stereocenters. The van der Waals surface area contributed by atoms with Crippen LogP contribution >= 0.6 is 31.9 Å². The predicted octanol–water partition coefficient (Wildman–Crippen LogP) is 3.69. The van der Waals surface area contributed by atoms with Crippen molar-refractivity contribution in [1.29, 1.82) is 0 Å². The molecule has 0 bridgehead atoms. The Balaban J connectivity index is 1.68. The van der Waals surface area contributed by atoms with Crippen LogP contribution in [0.25, 0.3) is 0 Å². The quantitative estimate of drug-likeness (QED) is 0.836. The van der Waals surface area contributed by atoms with E-state index in [9.17, 15) is 0 Å². The highest BCUT2D eigenvalue weighted by Crippen LogP contribution is 2.31. The van der Waals surface area contributed by atoms with E-state index in [1.165, 1.54) is 19.3 Å². The maximum absolute atomic E-state index is 5.44. The summed E-state index contributed by atoms with van der Waals surface area (Å²) in [6.07, 6.45) is 4.17. The van der Waals surface area contributed by atoms with Crippen molar-refractivity contribution in [1.82, 2.24) is 5.32 Å². The average molecular weight is 323 g/mol.